The maximum atomic E-state index is 5.50. The van der Waals surface area contributed by atoms with E-state index in [1.165, 1.54) is 11.3 Å². The number of aryl methyl sites for hydroxylation is 2. The van der Waals surface area contributed by atoms with E-state index < -0.39 is 0 Å². The summed E-state index contributed by atoms with van der Waals surface area (Å²) >= 11 is 2.94. The van der Waals surface area contributed by atoms with Gasteiger partial charge in [0.1, 0.15) is 5.01 Å². The van der Waals surface area contributed by atoms with Crippen molar-refractivity contribution >= 4 is 28.2 Å². The van der Waals surface area contributed by atoms with Gasteiger partial charge in [-0.3, -0.25) is 0 Å². The molecule has 0 radical (unpaired) electrons. The van der Waals surface area contributed by atoms with Crippen LogP contribution in [-0.4, -0.2) is 20.2 Å². The third-order valence-electron chi connectivity index (χ3n) is 1.77. The van der Waals surface area contributed by atoms with Crippen molar-refractivity contribution in [1.29, 1.82) is 0 Å². The number of hydrogen-bond acceptors (Lipinski definition) is 7. The monoisotopic (exact) mass is 253 g/mol. The van der Waals surface area contributed by atoms with E-state index in [0.717, 1.165) is 21.6 Å². The predicted molar refractivity (Wildman–Crippen MR) is 65.4 cm³/mol. The molecule has 0 aliphatic heterocycles. The van der Waals surface area contributed by atoms with Crippen LogP contribution in [0.2, 0.25) is 0 Å². The number of nitrogens with zero attached hydrogens (tertiary/aromatic N) is 4. The molecule has 0 aliphatic carbocycles. The third-order valence-corrected chi connectivity index (χ3v) is 3.56. The highest BCUT2D eigenvalue weighted by molar-refractivity contribution is 7.98. The van der Waals surface area contributed by atoms with E-state index in [9.17, 15) is 0 Å². The smallest absolute Gasteiger partial charge is 0.203 e. The maximum absolute atomic E-state index is 5.50. The van der Waals surface area contributed by atoms with Gasteiger partial charge in [0.15, 0.2) is 5.16 Å². The molecular weight excluding hydrogens is 242 g/mol. The van der Waals surface area contributed by atoms with Gasteiger partial charge in [-0.05, 0) is 19.9 Å². The molecule has 2 aromatic rings. The van der Waals surface area contributed by atoms with E-state index in [4.69, 9.17) is 5.73 Å². The van der Waals surface area contributed by atoms with Gasteiger partial charge in [0.05, 0.1) is 5.75 Å². The largest absolute Gasteiger partial charge is 0.374 e. The van der Waals surface area contributed by atoms with Gasteiger partial charge in [-0.1, -0.05) is 23.1 Å². The topological polar surface area (TPSA) is 77.6 Å². The van der Waals surface area contributed by atoms with Crippen LogP contribution in [0.4, 0.5) is 5.13 Å². The quantitative estimate of drug-likeness (QED) is 0.664. The summed E-state index contributed by atoms with van der Waals surface area (Å²) in [6.07, 6.45) is 0. The Labute approximate surface area is 102 Å². The van der Waals surface area contributed by atoms with E-state index >= 15 is 0 Å². The van der Waals surface area contributed by atoms with Gasteiger partial charge < -0.3 is 5.73 Å². The van der Waals surface area contributed by atoms with Crippen molar-refractivity contribution in [2.75, 3.05) is 5.73 Å². The van der Waals surface area contributed by atoms with E-state index in [1.807, 2.05) is 19.9 Å². The molecule has 2 rings (SSSR count). The van der Waals surface area contributed by atoms with E-state index in [1.54, 1.807) is 11.8 Å². The molecule has 0 saturated heterocycles. The minimum atomic E-state index is 0.497. The van der Waals surface area contributed by atoms with E-state index in [0.29, 0.717) is 10.9 Å². The first-order valence-corrected chi connectivity index (χ1v) is 6.46. The number of nitrogen functional groups attached to an aromatic ring is 1. The lowest BCUT2D eigenvalue weighted by atomic mass is 10.4. The summed E-state index contributed by atoms with van der Waals surface area (Å²) in [5, 5.41) is 9.86. The predicted octanol–water partition coefficient (Wildman–Crippen LogP) is 1.82. The van der Waals surface area contributed by atoms with Gasteiger partial charge in [-0.2, -0.15) is 0 Å². The van der Waals surface area contributed by atoms with Gasteiger partial charge in [-0.15, -0.1) is 10.2 Å². The highest BCUT2D eigenvalue weighted by Gasteiger charge is 2.05. The number of rotatable bonds is 3. The van der Waals surface area contributed by atoms with Crippen LogP contribution in [0.1, 0.15) is 16.4 Å². The molecule has 0 atom stereocenters. The fourth-order valence-electron chi connectivity index (χ4n) is 1.21. The normalized spacial score (nSPS) is 10.6. The lowest BCUT2D eigenvalue weighted by Gasteiger charge is -2.00. The Hall–Kier alpha value is -1.21. The Bertz CT molecular complexity index is 476. The molecule has 0 aliphatic rings. The summed E-state index contributed by atoms with van der Waals surface area (Å²) in [7, 11) is 0. The molecule has 0 amide bonds. The first kappa shape index (κ1) is 11.3. The fraction of sp³-hybridized carbons (Fsp3) is 0.333. The second kappa shape index (κ2) is 4.75. The SMILES string of the molecule is Cc1cc(C)nc(SCc2nnc(N)s2)n1. The van der Waals surface area contributed by atoms with Gasteiger partial charge in [0.2, 0.25) is 5.13 Å². The molecule has 2 N–H and O–H groups in total. The summed E-state index contributed by atoms with van der Waals surface area (Å²) in [6, 6.07) is 1.95. The van der Waals surface area contributed by atoms with Crippen molar-refractivity contribution in [2.24, 2.45) is 0 Å². The summed E-state index contributed by atoms with van der Waals surface area (Å²) in [4.78, 5) is 8.67. The van der Waals surface area contributed by atoms with Crippen molar-refractivity contribution < 1.29 is 0 Å². The average molecular weight is 253 g/mol. The minimum Gasteiger partial charge on any atom is -0.374 e. The Morgan fingerprint density at radius 2 is 1.94 bits per heavy atom. The highest BCUT2D eigenvalue weighted by Crippen LogP contribution is 2.22. The number of aromatic nitrogens is 4. The average Bonchev–Trinajstić information content (AvgIpc) is 2.60. The second-order valence-electron chi connectivity index (χ2n) is 3.26. The Kier molecular flexibility index (Phi) is 3.35. The van der Waals surface area contributed by atoms with Crippen LogP contribution in [0.3, 0.4) is 0 Å². The van der Waals surface area contributed by atoms with Crippen LogP contribution in [0.25, 0.3) is 0 Å². The summed E-state index contributed by atoms with van der Waals surface area (Å²) in [5.41, 5.74) is 7.46. The Morgan fingerprint density at radius 3 is 2.50 bits per heavy atom. The van der Waals surface area contributed by atoms with Gasteiger partial charge in [0.25, 0.3) is 0 Å². The van der Waals surface area contributed by atoms with Crippen LogP contribution < -0.4 is 5.73 Å². The molecule has 0 saturated carbocycles. The van der Waals surface area contributed by atoms with Crippen molar-refractivity contribution in [3.05, 3.63) is 22.5 Å². The molecule has 16 heavy (non-hydrogen) atoms. The van der Waals surface area contributed by atoms with Crippen molar-refractivity contribution in [3.63, 3.8) is 0 Å². The van der Waals surface area contributed by atoms with Crippen molar-refractivity contribution in [3.8, 4) is 0 Å². The zero-order valence-corrected chi connectivity index (χ0v) is 10.6. The summed E-state index contributed by atoms with van der Waals surface area (Å²) in [5.74, 6) is 0.706. The summed E-state index contributed by atoms with van der Waals surface area (Å²) < 4.78 is 0. The molecule has 7 heteroatoms. The first-order chi connectivity index (χ1) is 7.63. The molecule has 0 aromatic carbocycles. The van der Waals surface area contributed by atoms with Crippen LogP contribution in [0.5, 0.6) is 0 Å². The van der Waals surface area contributed by atoms with Crippen LogP contribution >= 0.6 is 23.1 Å². The van der Waals surface area contributed by atoms with Crippen molar-refractivity contribution in [2.45, 2.75) is 24.8 Å². The molecule has 0 unspecified atom stereocenters. The molecule has 0 fully saturated rings. The summed E-state index contributed by atoms with van der Waals surface area (Å²) in [6.45, 7) is 3.92. The second-order valence-corrected chi connectivity index (χ2v) is 5.29. The molecule has 2 heterocycles. The zero-order chi connectivity index (χ0) is 11.5. The highest BCUT2D eigenvalue weighted by atomic mass is 32.2. The molecule has 0 spiro atoms. The van der Waals surface area contributed by atoms with Crippen molar-refractivity contribution in [1.82, 2.24) is 20.2 Å². The van der Waals surface area contributed by atoms with Gasteiger partial charge in [-0.25, -0.2) is 9.97 Å². The maximum Gasteiger partial charge on any atom is 0.203 e. The van der Waals surface area contributed by atoms with Crippen LogP contribution in [-0.2, 0) is 5.75 Å². The number of thioether (sulfide) groups is 1. The fourth-order valence-corrected chi connectivity index (χ4v) is 2.75. The molecule has 84 valence electrons. The Balaban J connectivity index is 2.04. The number of nitrogens with two attached hydrogens (primary N) is 1. The number of anilines is 1. The first-order valence-electron chi connectivity index (χ1n) is 4.66. The van der Waals surface area contributed by atoms with E-state index in [2.05, 4.69) is 20.2 Å². The molecule has 0 bridgehead atoms. The van der Waals surface area contributed by atoms with Crippen LogP contribution in [0.15, 0.2) is 11.2 Å². The molecular formula is C9H11N5S2. The molecule has 5 nitrogen and oxygen atoms in total. The van der Waals surface area contributed by atoms with Gasteiger partial charge in [0, 0.05) is 11.4 Å². The lowest BCUT2D eigenvalue weighted by molar-refractivity contribution is 0.901. The molecule has 2 aromatic heterocycles. The van der Waals surface area contributed by atoms with E-state index in [-0.39, 0.29) is 0 Å². The van der Waals surface area contributed by atoms with Gasteiger partial charge >= 0.3 is 0 Å². The zero-order valence-electron chi connectivity index (χ0n) is 8.97. The lowest BCUT2D eigenvalue weighted by Crippen LogP contribution is -1.93. The Morgan fingerprint density at radius 1 is 1.25 bits per heavy atom. The number of hydrogen-bond donors (Lipinski definition) is 1. The third kappa shape index (κ3) is 2.89. The van der Waals surface area contributed by atoms with Crippen LogP contribution in [0, 0.1) is 13.8 Å². The minimum absolute atomic E-state index is 0.497. The standard InChI is InChI=1S/C9H11N5S2/c1-5-3-6(2)12-9(11-5)15-4-7-13-14-8(10)16-7/h3H,4H2,1-2H3,(H2,10,14).